The van der Waals surface area contributed by atoms with Crippen LogP contribution in [0.3, 0.4) is 0 Å². The molecule has 0 unspecified atom stereocenters. The summed E-state index contributed by atoms with van der Waals surface area (Å²) in [5, 5.41) is 3.44. The summed E-state index contributed by atoms with van der Waals surface area (Å²) < 4.78 is 2.51. The smallest absolute Gasteiger partial charge is 0.262 e. The summed E-state index contributed by atoms with van der Waals surface area (Å²) in [5.74, 6) is -0.224. The maximum Gasteiger partial charge on any atom is 0.262 e. The Kier molecular flexibility index (Phi) is 5.08. The number of thiophene rings is 1. The number of benzene rings is 1. The molecule has 8 heteroatoms. The molecule has 0 saturated heterocycles. The Bertz CT molecular complexity index is 1070. The fourth-order valence-electron chi connectivity index (χ4n) is 2.60. The molecular weight excluding hydrogens is 378 g/mol. The standard InChI is InChI=1S/C17H16ClN3O2S2/c1-3-21-16(23)11-5-4-10(8-12(11)20-17(21)24)15(22)19-9(2)13-6-7-14(18)25-13/h4-9H,3H2,1-2H3,(H,19,22)(H,20,24)/t9-/m0/s1. The molecule has 2 heterocycles. The molecule has 0 saturated carbocycles. The van der Waals surface area contributed by atoms with Crippen LogP contribution in [0.15, 0.2) is 35.1 Å². The van der Waals surface area contributed by atoms with Gasteiger partial charge in [-0.1, -0.05) is 11.6 Å². The van der Waals surface area contributed by atoms with E-state index in [1.807, 2.05) is 19.9 Å². The fourth-order valence-corrected chi connectivity index (χ4v) is 3.98. The number of rotatable bonds is 4. The van der Waals surface area contributed by atoms with Crippen LogP contribution in [0.4, 0.5) is 0 Å². The van der Waals surface area contributed by atoms with E-state index >= 15 is 0 Å². The Morgan fingerprint density at radius 2 is 2.16 bits per heavy atom. The second kappa shape index (κ2) is 7.11. The van der Waals surface area contributed by atoms with Crippen LogP contribution in [0.25, 0.3) is 10.9 Å². The van der Waals surface area contributed by atoms with Crippen LogP contribution in [0, 0.1) is 4.77 Å². The van der Waals surface area contributed by atoms with Crippen LogP contribution in [-0.2, 0) is 6.54 Å². The number of halogens is 1. The minimum absolute atomic E-state index is 0.158. The number of aromatic amines is 1. The van der Waals surface area contributed by atoms with Crippen molar-refractivity contribution in [3.8, 4) is 0 Å². The summed E-state index contributed by atoms with van der Waals surface area (Å²) in [6.07, 6.45) is 0. The van der Waals surface area contributed by atoms with Gasteiger partial charge in [-0.3, -0.25) is 14.2 Å². The Morgan fingerprint density at radius 3 is 2.80 bits per heavy atom. The predicted molar refractivity (Wildman–Crippen MR) is 104 cm³/mol. The van der Waals surface area contributed by atoms with Crippen LogP contribution in [-0.4, -0.2) is 15.5 Å². The first-order valence-electron chi connectivity index (χ1n) is 7.73. The van der Waals surface area contributed by atoms with Gasteiger partial charge in [0, 0.05) is 17.0 Å². The Labute approximate surface area is 158 Å². The van der Waals surface area contributed by atoms with Gasteiger partial charge in [-0.2, -0.15) is 0 Å². The van der Waals surface area contributed by atoms with Crippen molar-refractivity contribution in [2.45, 2.75) is 26.4 Å². The molecule has 0 radical (unpaired) electrons. The fraction of sp³-hybridized carbons (Fsp3) is 0.235. The lowest BCUT2D eigenvalue weighted by Crippen LogP contribution is -2.26. The quantitative estimate of drug-likeness (QED) is 0.650. The molecule has 1 atom stereocenters. The predicted octanol–water partition coefficient (Wildman–Crippen LogP) is 4.28. The number of H-pyrrole nitrogens is 1. The van der Waals surface area contributed by atoms with E-state index in [9.17, 15) is 9.59 Å². The van der Waals surface area contributed by atoms with Crippen molar-refractivity contribution < 1.29 is 4.79 Å². The molecule has 2 N–H and O–H groups in total. The highest BCUT2D eigenvalue weighted by Crippen LogP contribution is 2.26. The van der Waals surface area contributed by atoms with Gasteiger partial charge in [0.1, 0.15) is 0 Å². The minimum Gasteiger partial charge on any atom is -0.345 e. The van der Waals surface area contributed by atoms with E-state index in [1.54, 1.807) is 24.3 Å². The molecule has 1 aromatic carbocycles. The van der Waals surface area contributed by atoms with E-state index < -0.39 is 0 Å². The normalized spacial score (nSPS) is 12.3. The third kappa shape index (κ3) is 3.53. The number of carbonyl (C=O) groups excluding carboxylic acids is 1. The molecule has 2 aromatic heterocycles. The Balaban J connectivity index is 1.92. The van der Waals surface area contributed by atoms with Gasteiger partial charge in [-0.25, -0.2) is 0 Å². The van der Waals surface area contributed by atoms with Crippen LogP contribution in [0.1, 0.15) is 35.1 Å². The Morgan fingerprint density at radius 1 is 1.40 bits per heavy atom. The summed E-state index contributed by atoms with van der Waals surface area (Å²) in [6.45, 7) is 4.25. The SMILES string of the molecule is CCn1c(=S)[nH]c2cc(C(=O)N[C@@H](C)c3ccc(Cl)s3)ccc2c1=O. The number of nitrogens with zero attached hydrogens (tertiary/aromatic N) is 1. The summed E-state index contributed by atoms with van der Waals surface area (Å²) in [6, 6.07) is 8.48. The monoisotopic (exact) mass is 393 g/mol. The first-order chi connectivity index (χ1) is 11.9. The van der Waals surface area contributed by atoms with Crippen LogP contribution in [0.5, 0.6) is 0 Å². The molecule has 0 aliphatic heterocycles. The van der Waals surface area contributed by atoms with Gasteiger partial charge < -0.3 is 10.3 Å². The molecular formula is C17H16ClN3O2S2. The number of hydrogen-bond acceptors (Lipinski definition) is 4. The molecule has 0 aliphatic carbocycles. The van der Waals surface area contributed by atoms with Crippen molar-refractivity contribution in [3.05, 3.63) is 60.2 Å². The highest BCUT2D eigenvalue weighted by Gasteiger charge is 2.14. The van der Waals surface area contributed by atoms with Crippen LogP contribution < -0.4 is 10.9 Å². The first kappa shape index (κ1) is 17.8. The number of amides is 1. The number of nitrogens with one attached hydrogen (secondary N) is 2. The van der Waals surface area contributed by atoms with E-state index in [0.29, 0.717) is 32.1 Å². The third-order valence-electron chi connectivity index (χ3n) is 3.93. The van der Waals surface area contributed by atoms with Gasteiger partial charge in [0.15, 0.2) is 4.77 Å². The van der Waals surface area contributed by atoms with Crippen molar-refractivity contribution >= 4 is 52.0 Å². The second-order valence-corrected chi connectivity index (χ2v) is 7.71. The minimum atomic E-state index is -0.224. The zero-order valence-electron chi connectivity index (χ0n) is 13.6. The summed E-state index contributed by atoms with van der Waals surface area (Å²) in [7, 11) is 0. The summed E-state index contributed by atoms with van der Waals surface area (Å²) in [5.41, 5.74) is 0.857. The largest absolute Gasteiger partial charge is 0.345 e. The first-order valence-corrected chi connectivity index (χ1v) is 9.34. The van der Waals surface area contributed by atoms with Crippen molar-refractivity contribution in [2.75, 3.05) is 0 Å². The average molecular weight is 394 g/mol. The van der Waals surface area contributed by atoms with Gasteiger partial charge in [0.2, 0.25) is 0 Å². The maximum absolute atomic E-state index is 12.5. The van der Waals surface area contributed by atoms with Gasteiger partial charge in [0.25, 0.3) is 11.5 Å². The topological polar surface area (TPSA) is 66.9 Å². The van der Waals surface area contributed by atoms with E-state index in [-0.39, 0.29) is 17.5 Å². The van der Waals surface area contributed by atoms with Crippen molar-refractivity contribution in [3.63, 3.8) is 0 Å². The van der Waals surface area contributed by atoms with E-state index in [2.05, 4.69) is 10.3 Å². The number of aromatic nitrogens is 2. The molecule has 130 valence electrons. The molecule has 0 aliphatic rings. The van der Waals surface area contributed by atoms with Gasteiger partial charge >= 0.3 is 0 Å². The van der Waals surface area contributed by atoms with Gasteiger partial charge in [-0.05, 0) is 56.4 Å². The molecule has 1 amide bonds. The molecule has 5 nitrogen and oxygen atoms in total. The zero-order valence-corrected chi connectivity index (χ0v) is 16.0. The maximum atomic E-state index is 12.5. The highest BCUT2D eigenvalue weighted by atomic mass is 35.5. The molecule has 0 spiro atoms. The number of hydrogen-bond donors (Lipinski definition) is 2. The van der Waals surface area contributed by atoms with E-state index in [0.717, 1.165) is 4.88 Å². The zero-order chi connectivity index (χ0) is 18.1. The lowest BCUT2D eigenvalue weighted by molar-refractivity contribution is 0.0940. The molecule has 25 heavy (non-hydrogen) atoms. The molecule has 3 aromatic rings. The number of carbonyl (C=O) groups is 1. The van der Waals surface area contributed by atoms with Gasteiger partial charge in [-0.15, -0.1) is 11.3 Å². The van der Waals surface area contributed by atoms with Gasteiger partial charge in [0.05, 0.1) is 21.3 Å². The lowest BCUT2D eigenvalue weighted by Gasteiger charge is -2.13. The van der Waals surface area contributed by atoms with Crippen molar-refractivity contribution in [1.29, 1.82) is 0 Å². The Hall–Kier alpha value is -1.96. The van der Waals surface area contributed by atoms with Crippen molar-refractivity contribution in [2.24, 2.45) is 0 Å². The van der Waals surface area contributed by atoms with Crippen LogP contribution in [0.2, 0.25) is 4.34 Å². The molecule has 0 fully saturated rings. The van der Waals surface area contributed by atoms with Crippen molar-refractivity contribution in [1.82, 2.24) is 14.9 Å². The second-order valence-electron chi connectivity index (χ2n) is 5.58. The van der Waals surface area contributed by atoms with E-state index in [4.69, 9.17) is 23.8 Å². The summed E-state index contributed by atoms with van der Waals surface area (Å²) in [4.78, 5) is 28.9. The summed E-state index contributed by atoms with van der Waals surface area (Å²) >= 11 is 12.6. The number of fused-ring (bicyclic) bond motifs is 1. The molecule has 0 bridgehead atoms. The third-order valence-corrected chi connectivity index (χ3v) is 5.66. The van der Waals surface area contributed by atoms with E-state index in [1.165, 1.54) is 15.9 Å². The average Bonchev–Trinajstić information content (AvgIpc) is 3.01. The lowest BCUT2D eigenvalue weighted by atomic mass is 10.1. The van der Waals surface area contributed by atoms with Crippen LogP contribution >= 0.6 is 35.2 Å². The highest BCUT2D eigenvalue weighted by molar-refractivity contribution is 7.71. The molecule has 3 rings (SSSR count).